The quantitative estimate of drug-likeness (QED) is 0.339. The van der Waals surface area contributed by atoms with Gasteiger partial charge in [-0.25, -0.2) is 13.2 Å². The molecule has 0 saturated heterocycles. The lowest BCUT2D eigenvalue weighted by Crippen LogP contribution is -2.15. The summed E-state index contributed by atoms with van der Waals surface area (Å²) >= 11 is 0. The molecule has 0 aromatic heterocycles. The molecule has 1 heterocycles. The molecule has 0 spiro atoms. The lowest BCUT2D eigenvalue weighted by Gasteiger charge is -2.24. The molecule has 160 valence electrons. The van der Waals surface area contributed by atoms with Crippen molar-refractivity contribution in [3.8, 4) is 11.5 Å². The molecule has 0 aliphatic carbocycles. The summed E-state index contributed by atoms with van der Waals surface area (Å²) in [6, 6.07) is 1.24. The van der Waals surface area contributed by atoms with Gasteiger partial charge in [0.15, 0.2) is 34.7 Å². The third kappa shape index (κ3) is 4.25. The molecule has 0 N–H and O–H groups in total. The van der Waals surface area contributed by atoms with E-state index in [0.717, 1.165) is 0 Å². The van der Waals surface area contributed by atoms with Crippen LogP contribution in [-0.4, -0.2) is 6.61 Å². The van der Waals surface area contributed by atoms with Gasteiger partial charge in [-0.2, -0.15) is 8.78 Å². The second-order valence-electron chi connectivity index (χ2n) is 6.49. The molecule has 0 unspecified atom stereocenters. The van der Waals surface area contributed by atoms with E-state index in [1.165, 1.54) is 6.07 Å². The van der Waals surface area contributed by atoms with Gasteiger partial charge in [0, 0.05) is 23.1 Å². The van der Waals surface area contributed by atoms with Crippen molar-refractivity contribution in [3.05, 3.63) is 95.1 Å². The van der Waals surface area contributed by atoms with Crippen molar-refractivity contribution in [2.24, 2.45) is 0 Å². The summed E-state index contributed by atoms with van der Waals surface area (Å²) in [5.74, 6) is -8.01. The van der Waals surface area contributed by atoms with E-state index in [2.05, 4.69) is 26.3 Å². The first-order chi connectivity index (χ1) is 14.0. The van der Waals surface area contributed by atoms with Crippen LogP contribution in [0.1, 0.15) is 25.8 Å². The van der Waals surface area contributed by atoms with Gasteiger partial charge in [-0.05, 0) is 30.6 Å². The van der Waals surface area contributed by atoms with Crippen molar-refractivity contribution >= 4 is 0 Å². The van der Waals surface area contributed by atoms with Crippen LogP contribution in [0.25, 0.3) is 0 Å². The van der Waals surface area contributed by atoms with E-state index in [9.17, 15) is 22.0 Å². The summed E-state index contributed by atoms with van der Waals surface area (Å²) in [5, 5.41) is 0. The molecule has 0 amide bonds. The summed E-state index contributed by atoms with van der Waals surface area (Å²) < 4.78 is 82.1. The molecule has 0 atom stereocenters. The molecule has 2 nitrogen and oxygen atoms in total. The van der Waals surface area contributed by atoms with E-state index >= 15 is 0 Å². The maximum absolute atomic E-state index is 15.0. The van der Waals surface area contributed by atoms with Crippen molar-refractivity contribution in [2.45, 2.75) is 26.7 Å². The first-order valence-electron chi connectivity index (χ1n) is 9.06. The Balaban J connectivity index is 2.46. The van der Waals surface area contributed by atoms with Gasteiger partial charge in [-0.3, -0.25) is 0 Å². The predicted octanol–water partition coefficient (Wildman–Crippen LogP) is 7.26. The Morgan fingerprint density at radius 2 is 1.67 bits per heavy atom. The topological polar surface area (TPSA) is 18.5 Å². The minimum absolute atomic E-state index is 0.0604. The van der Waals surface area contributed by atoms with Crippen molar-refractivity contribution in [3.63, 3.8) is 0 Å². The van der Waals surface area contributed by atoms with Crippen LogP contribution in [0.2, 0.25) is 0 Å². The number of fused-ring (bicyclic) bond motifs is 1. The Morgan fingerprint density at radius 1 is 1.03 bits per heavy atom. The Morgan fingerprint density at radius 3 is 2.23 bits per heavy atom. The van der Waals surface area contributed by atoms with Gasteiger partial charge in [-0.1, -0.05) is 33.2 Å². The fraction of sp³-hybridized carbons (Fsp3) is 0.217. The normalized spacial score (nSPS) is 15.6. The van der Waals surface area contributed by atoms with Crippen LogP contribution in [0, 0.1) is 11.6 Å². The lowest BCUT2D eigenvalue weighted by atomic mass is 9.96. The van der Waals surface area contributed by atoms with Crippen LogP contribution in [0.4, 0.5) is 22.0 Å². The molecule has 1 aliphatic rings. The highest BCUT2D eigenvalue weighted by molar-refractivity contribution is 5.57. The molecule has 7 heteroatoms. The number of allylic oxidation sites excluding steroid dienone is 7. The molecule has 1 aromatic carbocycles. The average Bonchev–Trinajstić information content (AvgIpc) is 2.73. The number of ether oxygens (including phenoxy) is 2. The summed E-state index contributed by atoms with van der Waals surface area (Å²) in [6.45, 7) is 17.0. The van der Waals surface area contributed by atoms with Gasteiger partial charge in [0.05, 0.1) is 6.61 Å². The zero-order chi connectivity index (χ0) is 22.7. The third-order valence-electron chi connectivity index (χ3n) is 4.46. The highest BCUT2D eigenvalue weighted by atomic mass is 19.2. The molecule has 2 rings (SSSR count). The Labute approximate surface area is 172 Å². The molecule has 0 radical (unpaired) electrons. The number of halogens is 5. The largest absolute Gasteiger partial charge is 0.491 e. The first kappa shape index (κ1) is 23.2. The molecule has 1 aromatic rings. The predicted molar refractivity (Wildman–Crippen MR) is 106 cm³/mol. The number of rotatable bonds is 7. The van der Waals surface area contributed by atoms with Gasteiger partial charge in [0.25, 0.3) is 0 Å². The third-order valence-corrected chi connectivity index (χ3v) is 4.46. The standard InChI is InChI=1S/C23H21F5O2/c1-7-11(3)17(24)18(25)13(5)14(6)19(26)22-12(4)9-15-10-16(29-8-2)20(27)21(28)23(15)30-22/h10H,3-9H2,1-2H3/b18-17-,22-19-. The summed E-state index contributed by atoms with van der Waals surface area (Å²) in [5.41, 5.74) is -1.18. The summed E-state index contributed by atoms with van der Waals surface area (Å²) in [4.78, 5) is 0. The minimum Gasteiger partial charge on any atom is -0.491 e. The van der Waals surface area contributed by atoms with Crippen molar-refractivity contribution in [1.29, 1.82) is 0 Å². The van der Waals surface area contributed by atoms with Crippen LogP contribution >= 0.6 is 0 Å². The second-order valence-corrected chi connectivity index (χ2v) is 6.49. The highest BCUT2D eigenvalue weighted by Crippen LogP contribution is 2.42. The van der Waals surface area contributed by atoms with E-state index in [0.29, 0.717) is 0 Å². The molecular weight excluding hydrogens is 403 g/mol. The van der Waals surface area contributed by atoms with Crippen LogP contribution in [0.5, 0.6) is 11.5 Å². The van der Waals surface area contributed by atoms with Crippen LogP contribution in [-0.2, 0) is 6.42 Å². The lowest BCUT2D eigenvalue weighted by molar-refractivity contribution is 0.302. The van der Waals surface area contributed by atoms with E-state index in [1.54, 1.807) is 13.8 Å². The highest BCUT2D eigenvalue weighted by Gasteiger charge is 2.30. The smallest absolute Gasteiger partial charge is 0.205 e. The van der Waals surface area contributed by atoms with E-state index < -0.39 is 51.8 Å². The Kier molecular flexibility index (Phi) is 7.08. The van der Waals surface area contributed by atoms with E-state index in [-0.39, 0.29) is 41.9 Å². The average molecular weight is 424 g/mol. The maximum Gasteiger partial charge on any atom is 0.205 e. The monoisotopic (exact) mass is 424 g/mol. The van der Waals surface area contributed by atoms with E-state index in [4.69, 9.17) is 9.47 Å². The summed E-state index contributed by atoms with van der Waals surface area (Å²) in [7, 11) is 0. The molecule has 0 bridgehead atoms. The Hall–Kier alpha value is -3.09. The molecule has 0 fully saturated rings. The molecule has 0 saturated carbocycles. The van der Waals surface area contributed by atoms with Gasteiger partial charge >= 0.3 is 0 Å². The number of hydrogen-bond donors (Lipinski definition) is 0. The maximum atomic E-state index is 15.0. The second kappa shape index (κ2) is 9.15. The van der Waals surface area contributed by atoms with Gasteiger partial charge in [-0.15, -0.1) is 0 Å². The molecular formula is C23H21F5O2. The minimum atomic E-state index is -1.43. The van der Waals surface area contributed by atoms with Gasteiger partial charge in [0.2, 0.25) is 11.6 Å². The van der Waals surface area contributed by atoms with Crippen molar-refractivity contribution < 1.29 is 31.4 Å². The molecule has 30 heavy (non-hydrogen) atoms. The van der Waals surface area contributed by atoms with Crippen LogP contribution in [0.15, 0.2) is 77.9 Å². The fourth-order valence-electron chi connectivity index (χ4n) is 2.67. The number of hydrogen-bond acceptors (Lipinski definition) is 2. The van der Waals surface area contributed by atoms with E-state index in [1.807, 2.05) is 0 Å². The van der Waals surface area contributed by atoms with Crippen LogP contribution < -0.4 is 9.47 Å². The first-order valence-corrected chi connectivity index (χ1v) is 9.06. The van der Waals surface area contributed by atoms with Crippen LogP contribution in [0.3, 0.4) is 0 Å². The zero-order valence-corrected chi connectivity index (χ0v) is 16.7. The number of benzene rings is 1. The van der Waals surface area contributed by atoms with Gasteiger partial charge in [0.1, 0.15) is 0 Å². The zero-order valence-electron chi connectivity index (χ0n) is 16.7. The fourth-order valence-corrected chi connectivity index (χ4v) is 2.67. The van der Waals surface area contributed by atoms with Crippen molar-refractivity contribution in [1.82, 2.24) is 0 Å². The summed E-state index contributed by atoms with van der Waals surface area (Å²) in [6.07, 6.45) is 0.0439. The van der Waals surface area contributed by atoms with Gasteiger partial charge < -0.3 is 9.47 Å². The SMILES string of the molecule is C=C(CC)/C(F)=C(/F)C(=C)C(=C)/C(F)=C1/Oc2c(cc(OCC)c(F)c2F)CC1=C. The van der Waals surface area contributed by atoms with Crippen molar-refractivity contribution in [2.75, 3.05) is 6.61 Å². The Bertz CT molecular complexity index is 1010. The molecule has 1 aliphatic heterocycles.